The molecule has 0 unspecified atom stereocenters. The standard InChI is InChI=1S/C24H34N6O/c1-7-24(5,6)30-22(26-27-28-30)21(29-12-8-9-15(2)14-29)19-13-18-16(3)10-11-17(4)20(18)25-23(19)31/h10-11,13,15,21H,7-9,12,14H2,1-6H3,(H,25,31)/t15-,21-/m0/s1. The van der Waals surface area contributed by atoms with Gasteiger partial charge in [-0.15, -0.1) is 5.10 Å². The number of aromatic amines is 1. The average Bonchev–Trinajstić information content (AvgIpc) is 3.22. The quantitative estimate of drug-likeness (QED) is 0.670. The van der Waals surface area contributed by atoms with Crippen molar-refractivity contribution in [3.8, 4) is 0 Å². The first kappa shape index (κ1) is 21.7. The van der Waals surface area contributed by atoms with Crippen molar-refractivity contribution in [1.82, 2.24) is 30.1 Å². The molecule has 2 aromatic heterocycles. The number of rotatable bonds is 5. The molecule has 3 aromatic rings. The number of hydrogen-bond donors (Lipinski definition) is 1. The number of nitrogens with one attached hydrogen (secondary N) is 1. The minimum absolute atomic E-state index is 0.0618. The third-order valence-electron chi connectivity index (χ3n) is 7.00. The van der Waals surface area contributed by atoms with E-state index in [0.717, 1.165) is 59.3 Å². The molecule has 166 valence electrons. The van der Waals surface area contributed by atoms with E-state index >= 15 is 0 Å². The van der Waals surface area contributed by atoms with E-state index in [2.05, 4.69) is 78.2 Å². The maximum Gasteiger partial charge on any atom is 0.253 e. The molecule has 0 bridgehead atoms. The Hall–Kier alpha value is -2.54. The second-order valence-electron chi connectivity index (χ2n) is 9.80. The van der Waals surface area contributed by atoms with Gasteiger partial charge in [-0.2, -0.15) is 0 Å². The fourth-order valence-corrected chi connectivity index (χ4v) is 4.70. The number of fused-ring (bicyclic) bond motifs is 1. The van der Waals surface area contributed by atoms with Crippen LogP contribution in [0.4, 0.5) is 0 Å². The van der Waals surface area contributed by atoms with E-state index in [1.165, 1.54) is 6.42 Å². The number of nitrogens with zero attached hydrogens (tertiary/aromatic N) is 5. The van der Waals surface area contributed by atoms with Crippen molar-refractivity contribution in [1.29, 1.82) is 0 Å². The summed E-state index contributed by atoms with van der Waals surface area (Å²) in [5.74, 6) is 1.32. The molecular weight excluding hydrogens is 388 g/mol. The number of aryl methyl sites for hydroxylation is 2. The topological polar surface area (TPSA) is 79.7 Å². The predicted octanol–water partition coefficient (Wildman–Crippen LogP) is 4.10. The maximum absolute atomic E-state index is 13.4. The third-order valence-corrected chi connectivity index (χ3v) is 7.00. The van der Waals surface area contributed by atoms with Crippen LogP contribution in [0.5, 0.6) is 0 Å². The number of pyridine rings is 1. The third kappa shape index (κ3) is 3.91. The molecule has 0 radical (unpaired) electrons. The minimum Gasteiger partial charge on any atom is -0.321 e. The van der Waals surface area contributed by atoms with Crippen LogP contribution in [0.15, 0.2) is 23.0 Å². The first-order valence-corrected chi connectivity index (χ1v) is 11.4. The lowest BCUT2D eigenvalue weighted by atomic mass is 9.94. The largest absolute Gasteiger partial charge is 0.321 e. The molecule has 31 heavy (non-hydrogen) atoms. The van der Waals surface area contributed by atoms with Gasteiger partial charge in [0.2, 0.25) is 0 Å². The molecule has 1 aliphatic rings. The van der Waals surface area contributed by atoms with E-state index in [0.29, 0.717) is 5.92 Å². The number of benzene rings is 1. The second-order valence-corrected chi connectivity index (χ2v) is 9.80. The molecule has 1 fully saturated rings. The Labute approximate surface area is 183 Å². The first-order chi connectivity index (χ1) is 14.7. The van der Waals surface area contributed by atoms with Crippen LogP contribution >= 0.6 is 0 Å². The molecule has 1 N–H and O–H groups in total. The minimum atomic E-state index is -0.281. The van der Waals surface area contributed by atoms with E-state index in [1.54, 1.807) is 0 Å². The summed E-state index contributed by atoms with van der Waals surface area (Å²) >= 11 is 0. The summed E-state index contributed by atoms with van der Waals surface area (Å²) in [5, 5.41) is 14.0. The Kier molecular flexibility index (Phi) is 5.73. The Balaban J connectivity index is 1.95. The second kappa shape index (κ2) is 8.19. The highest BCUT2D eigenvalue weighted by atomic mass is 16.1. The molecular formula is C24H34N6O. The molecule has 3 heterocycles. The van der Waals surface area contributed by atoms with E-state index in [4.69, 9.17) is 0 Å². The Morgan fingerprint density at radius 1 is 1.26 bits per heavy atom. The Bertz CT molecular complexity index is 1140. The normalized spacial score (nSPS) is 19.1. The highest BCUT2D eigenvalue weighted by Crippen LogP contribution is 2.33. The van der Waals surface area contributed by atoms with Gasteiger partial charge in [-0.05, 0) is 87.0 Å². The number of tetrazole rings is 1. The number of H-pyrrole nitrogens is 1. The molecule has 0 saturated carbocycles. The average molecular weight is 423 g/mol. The number of piperidine rings is 1. The van der Waals surface area contributed by atoms with Crippen LogP contribution in [0, 0.1) is 19.8 Å². The molecule has 2 atom stereocenters. The SMILES string of the molecule is CCC(C)(C)n1nnnc1[C@H](c1cc2c(C)ccc(C)c2[nH]c1=O)N1CCC[C@H](C)C1. The van der Waals surface area contributed by atoms with Gasteiger partial charge in [0, 0.05) is 17.5 Å². The van der Waals surface area contributed by atoms with Crippen LogP contribution < -0.4 is 5.56 Å². The van der Waals surface area contributed by atoms with Gasteiger partial charge in [0.25, 0.3) is 5.56 Å². The van der Waals surface area contributed by atoms with Crippen molar-refractivity contribution in [2.75, 3.05) is 13.1 Å². The number of likely N-dealkylation sites (tertiary alicyclic amines) is 1. The van der Waals surface area contributed by atoms with Gasteiger partial charge >= 0.3 is 0 Å². The summed E-state index contributed by atoms with van der Waals surface area (Å²) < 4.78 is 1.92. The van der Waals surface area contributed by atoms with Crippen molar-refractivity contribution in [3.63, 3.8) is 0 Å². The molecule has 4 rings (SSSR count). The summed E-state index contributed by atoms with van der Waals surface area (Å²) in [7, 11) is 0. The van der Waals surface area contributed by atoms with Crippen LogP contribution in [0.2, 0.25) is 0 Å². The Morgan fingerprint density at radius 3 is 2.71 bits per heavy atom. The predicted molar refractivity (Wildman–Crippen MR) is 123 cm³/mol. The molecule has 7 nitrogen and oxygen atoms in total. The van der Waals surface area contributed by atoms with Crippen molar-refractivity contribution in [2.24, 2.45) is 5.92 Å². The summed E-state index contributed by atoms with van der Waals surface area (Å²) in [6, 6.07) is 5.96. The molecule has 1 aliphatic heterocycles. The van der Waals surface area contributed by atoms with Gasteiger partial charge in [-0.25, -0.2) is 4.68 Å². The van der Waals surface area contributed by atoms with Crippen LogP contribution in [-0.4, -0.2) is 43.2 Å². The highest BCUT2D eigenvalue weighted by Gasteiger charge is 2.35. The van der Waals surface area contributed by atoms with Crippen LogP contribution in [0.25, 0.3) is 10.9 Å². The van der Waals surface area contributed by atoms with Gasteiger partial charge in [0.15, 0.2) is 5.82 Å². The molecule has 1 aromatic carbocycles. The molecule has 7 heteroatoms. The van der Waals surface area contributed by atoms with Crippen LogP contribution in [-0.2, 0) is 5.54 Å². The fraction of sp³-hybridized carbons (Fsp3) is 0.583. The highest BCUT2D eigenvalue weighted by molar-refractivity contribution is 5.85. The smallest absolute Gasteiger partial charge is 0.253 e. The van der Waals surface area contributed by atoms with E-state index in [-0.39, 0.29) is 17.1 Å². The zero-order valence-electron chi connectivity index (χ0n) is 19.6. The number of hydrogen-bond acceptors (Lipinski definition) is 5. The van der Waals surface area contributed by atoms with Gasteiger partial charge in [0.05, 0.1) is 11.1 Å². The van der Waals surface area contributed by atoms with E-state index < -0.39 is 0 Å². The Morgan fingerprint density at radius 2 is 2.00 bits per heavy atom. The lowest BCUT2D eigenvalue weighted by Gasteiger charge is -2.37. The fourth-order valence-electron chi connectivity index (χ4n) is 4.70. The van der Waals surface area contributed by atoms with Crippen LogP contribution in [0.3, 0.4) is 0 Å². The zero-order valence-corrected chi connectivity index (χ0v) is 19.6. The van der Waals surface area contributed by atoms with Crippen LogP contribution in [0.1, 0.15) is 75.5 Å². The monoisotopic (exact) mass is 422 g/mol. The zero-order chi connectivity index (χ0) is 22.3. The van der Waals surface area contributed by atoms with Crippen molar-refractivity contribution < 1.29 is 0 Å². The summed E-state index contributed by atoms with van der Waals surface area (Å²) in [4.78, 5) is 19.0. The van der Waals surface area contributed by atoms with Crippen molar-refractivity contribution >= 4 is 10.9 Å². The lowest BCUT2D eigenvalue weighted by molar-refractivity contribution is 0.135. The van der Waals surface area contributed by atoms with Crippen molar-refractivity contribution in [3.05, 3.63) is 51.1 Å². The van der Waals surface area contributed by atoms with E-state index in [1.807, 2.05) is 11.6 Å². The van der Waals surface area contributed by atoms with Crippen molar-refractivity contribution in [2.45, 2.75) is 72.4 Å². The molecule has 0 amide bonds. The maximum atomic E-state index is 13.4. The van der Waals surface area contributed by atoms with Gasteiger partial charge in [-0.3, -0.25) is 9.69 Å². The van der Waals surface area contributed by atoms with Gasteiger partial charge in [0.1, 0.15) is 6.04 Å². The van der Waals surface area contributed by atoms with E-state index in [9.17, 15) is 4.79 Å². The summed E-state index contributed by atoms with van der Waals surface area (Å²) in [6.07, 6.45) is 3.21. The lowest BCUT2D eigenvalue weighted by Crippen LogP contribution is -2.42. The molecule has 0 spiro atoms. The molecule has 1 saturated heterocycles. The summed E-state index contributed by atoms with van der Waals surface area (Å²) in [6.45, 7) is 14.7. The number of aromatic nitrogens is 5. The summed E-state index contributed by atoms with van der Waals surface area (Å²) in [5.41, 5.74) is 3.55. The molecule has 0 aliphatic carbocycles. The van der Waals surface area contributed by atoms with Gasteiger partial charge in [-0.1, -0.05) is 26.0 Å². The first-order valence-electron chi connectivity index (χ1n) is 11.4. The van der Waals surface area contributed by atoms with Gasteiger partial charge < -0.3 is 4.98 Å².